The molecule has 3 aromatic heterocycles. The Hall–Kier alpha value is -5.46. The van der Waals surface area contributed by atoms with Crippen molar-refractivity contribution in [3.8, 4) is 0 Å². The van der Waals surface area contributed by atoms with Crippen LogP contribution in [0.15, 0.2) is 65.3 Å². The number of hydrogen-bond acceptors (Lipinski definition) is 10. The maximum atomic E-state index is 13.6. The Labute approximate surface area is 259 Å². The minimum atomic E-state index is -0.588. The van der Waals surface area contributed by atoms with Gasteiger partial charge in [0.05, 0.1) is 42.6 Å². The van der Waals surface area contributed by atoms with Crippen LogP contribution >= 0.6 is 0 Å². The van der Waals surface area contributed by atoms with Crippen LogP contribution in [-0.2, 0) is 21.3 Å². The number of nitrogens with one attached hydrogen (secondary N) is 2. The van der Waals surface area contributed by atoms with E-state index in [9.17, 15) is 14.4 Å². The van der Waals surface area contributed by atoms with E-state index in [0.717, 1.165) is 29.9 Å². The normalized spacial score (nSPS) is 11.7. The number of carbonyl (C=O) groups is 3. The minimum Gasteiger partial charge on any atom is -0.469 e. The molecule has 0 aliphatic heterocycles. The van der Waals surface area contributed by atoms with E-state index in [-0.39, 0.29) is 30.7 Å². The number of amides is 2. The van der Waals surface area contributed by atoms with Crippen LogP contribution in [0.4, 0.5) is 22.1 Å². The van der Waals surface area contributed by atoms with Gasteiger partial charge in [-0.2, -0.15) is 0 Å². The topological polar surface area (TPSA) is 154 Å². The van der Waals surface area contributed by atoms with E-state index in [1.165, 1.54) is 12.0 Å². The van der Waals surface area contributed by atoms with Crippen LogP contribution in [0.2, 0.25) is 0 Å². The van der Waals surface area contributed by atoms with Gasteiger partial charge in [-0.25, -0.2) is 14.8 Å². The summed E-state index contributed by atoms with van der Waals surface area (Å²) in [4.78, 5) is 48.3. The zero-order valence-corrected chi connectivity index (χ0v) is 25.6. The first-order valence-electron chi connectivity index (χ1n) is 14.6. The number of benzene rings is 2. The third-order valence-electron chi connectivity index (χ3n) is 7.29. The molecule has 0 spiro atoms. The summed E-state index contributed by atoms with van der Waals surface area (Å²) in [5.41, 5.74) is 3.18. The standard InChI is InChI=1S/C32H35N7O6/c1-5-6-17-44-32(42)36-29-23-19-22(11-13-26(23)45-37-29)34-20(2)30-35-24-18-21(10-12-25(24)38(30)3)31(41)39(16-14-28(40)43-4)27-9-7-8-15-33-27/h7-13,15,18-20,34H,5-6,14,16-17H2,1-4H3,(H,36,37,42). The Balaban J connectivity index is 1.35. The molecule has 0 aliphatic carbocycles. The summed E-state index contributed by atoms with van der Waals surface area (Å²) < 4.78 is 17.3. The number of ether oxygens (including phenoxy) is 2. The van der Waals surface area contributed by atoms with Gasteiger partial charge < -0.3 is 23.9 Å². The van der Waals surface area contributed by atoms with Crippen LogP contribution in [-0.4, -0.2) is 57.9 Å². The van der Waals surface area contributed by atoms with Crippen LogP contribution in [0.3, 0.4) is 0 Å². The summed E-state index contributed by atoms with van der Waals surface area (Å²) >= 11 is 0. The number of aryl methyl sites for hydroxylation is 1. The van der Waals surface area contributed by atoms with E-state index in [0.29, 0.717) is 34.5 Å². The SMILES string of the molecule is CCCCOC(=O)Nc1noc2ccc(NC(C)c3nc4cc(C(=O)N(CCC(=O)OC)c5ccccn5)ccc4n3C)cc12. The Kier molecular flexibility index (Phi) is 9.56. The van der Waals surface area contributed by atoms with E-state index >= 15 is 0 Å². The molecule has 0 fully saturated rings. The van der Waals surface area contributed by atoms with Crippen molar-refractivity contribution in [1.29, 1.82) is 0 Å². The first-order valence-corrected chi connectivity index (χ1v) is 14.6. The average Bonchev–Trinajstić information content (AvgIpc) is 3.61. The number of pyridine rings is 1. The second kappa shape index (κ2) is 13.9. The highest BCUT2D eigenvalue weighted by Crippen LogP contribution is 2.29. The second-order valence-corrected chi connectivity index (χ2v) is 10.4. The molecule has 45 heavy (non-hydrogen) atoms. The predicted molar refractivity (Wildman–Crippen MR) is 169 cm³/mol. The van der Waals surface area contributed by atoms with E-state index < -0.39 is 12.1 Å². The minimum absolute atomic E-state index is 0.0270. The molecule has 5 rings (SSSR count). The van der Waals surface area contributed by atoms with Gasteiger partial charge in [0.1, 0.15) is 11.6 Å². The number of rotatable bonds is 12. The lowest BCUT2D eigenvalue weighted by molar-refractivity contribution is -0.140. The lowest BCUT2D eigenvalue weighted by atomic mass is 10.1. The lowest BCUT2D eigenvalue weighted by Gasteiger charge is -2.21. The summed E-state index contributed by atoms with van der Waals surface area (Å²) in [6, 6.07) is 15.8. The average molecular weight is 614 g/mol. The number of aromatic nitrogens is 4. The van der Waals surface area contributed by atoms with Gasteiger partial charge in [0.2, 0.25) is 0 Å². The molecular formula is C32H35N7O6. The number of imidazole rings is 1. The molecule has 5 aromatic rings. The van der Waals surface area contributed by atoms with Gasteiger partial charge in [-0.15, -0.1) is 0 Å². The van der Waals surface area contributed by atoms with Crippen LogP contribution in [0, 0.1) is 0 Å². The monoisotopic (exact) mass is 613 g/mol. The smallest absolute Gasteiger partial charge is 0.412 e. The number of nitrogens with zero attached hydrogens (tertiary/aromatic N) is 5. The van der Waals surface area contributed by atoms with Gasteiger partial charge in [-0.3, -0.25) is 19.8 Å². The van der Waals surface area contributed by atoms with Gasteiger partial charge in [-0.1, -0.05) is 24.6 Å². The molecule has 1 unspecified atom stereocenters. The van der Waals surface area contributed by atoms with Crippen molar-refractivity contribution < 1.29 is 28.4 Å². The highest BCUT2D eigenvalue weighted by molar-refractivity contribution is 6.07. The maximum absolute atomic E-state index is 13.6. The fraction of sp³-hybridized carbons (Fsp3) is 0.312. The fourth-order valence-electron chi connectivity index (χ4n) is 4.91. The van der Waals surface area contributed by atoms with Crippen LogP contribution < -0.4 is 15.5 Å². The van der Waals surface area contributed by atoms with Gasteiger partial charge in [0.15, 0.2) is 11.4 Å². The van der Waals surface area contributed by atoms with Gasteiger partial charge in [-0.05, 0) is 61.9 Å². The lowest BCUT2D eigenvalue weighted by Crippen LogP contribution is -2.33. The molecular weight excluding hydrogens is 578 g/mol. The first-order chi connectivity index (χ1) is 21.8. The largest absolute Gasteiger partial charge is 0.469 e. The van der Waals surface area contributed by atoms with E-state index in [1.807, 2.05) is 43.7 Å². The highest BCUT2D eigenvalue weighted by atomic mass is 16.5. The van der Waals surface area contributed by atoms with E-state index in [1.54, 1.807) is 42.6 Å². The molecule has 0 aliphatic rings. The van der Waals surface area contributed by atoms with Crippen molar-refractivity contribution >= 4 is 57.3 Å². The van der Waals surface area contributed by atoms with Gasteiger partial charge in [0, 0.05) is 31.0 Å². The third kappa shape index (κ3) is 7.03. The Morgan fingerprint density at radius 2 is 1.96 bits per heavy atom. The zero-order valence-electron chi connectivity index (χ0n) is 25.6. The van der Waals surface area contributed by atoms with Crippen LogP contribution in [0.5, 0.6) is 0 Å². The number of carbonyl (C=O) groups excluding carboxylic acids is 3. The molecule has 3 heterocycles. The first kappa shape index (κ1) is 31.0. The number of unbranched alkanes of at least 4 members (excludes halogenated alkanes) is 1. The molecule has 13 nitrogen and oxygen atoms in total. The van der Waals surface area contributed by atoms with Crippen molar-refractivity contribution in [1.82, 2.24) is 19.7 Å². The van der Waals surface area contributed by atoms with Crippen molar-refractivity contribution in [3.05, 3.63) is 72.2 Å². The number of esters is 1. The third-order valence-corrected chi connectivity index (χ3v) is 7.29. The van der Waals surface area contributed by atoms with Crippen molar-refractivity contribution in [3.63, 3.8) is 0 Å². The number of methoxy groups -OCH3 is 1. The van der Waals surface area contributed by atoms with E-state index in [4.69, 9.17) is 19.0 Å². The zero-order chi connectivity index (χ0) is 31.9. The molecule has 0 saturated carbocycles. The Bertz CT molecular complexity index is 1820. The number of anilines is 3. The number of fused-ring (bicyclic) bond motifs is 2. The molecule has 234 valence electrons. The molecule has 2 aromatic carbocycles. The molecule has 0 saturated heterocycles. The summed E-state index contributed by atoms with van der Waals surface area (Å²) in [6.45, 7) is 4.44. The fourth-order valence-corrected chi connectivity index (χ4v) is 4.91. The molecule has 2 N–H and O–H groups in total. The second-order valence-electron chi connectivity index (χ2n) is 10.4. The van der Waals surface area contributed by atoms with Crippen molar-refractivity contribution in [2.45, 2.75) is 39.2 Å². The van der Waals surface area contributed by atoms with Crippen molar-refractivity contribution in [2.24, 2.45) is 7.05 Å². The molecule has 0 bridgehead atoms. The van der Waals surface area contributed by atoms with E-state index in [2.05, 4.69) is 20.8 Å². The quantitative estimate of drug-likeness (QED) is 0.130. The van der Waals surface area contributed by atoms with Crippen molar-refractivity contribution in [2.75, 3.05) is 35.8 Å². The van der Waals surface area contributed by atoms with Gasteiger partial charge in [0.25, 0.3) is 5.91 Å². The van der Waals surface area contributed by atoms with Gasteiger partial charge >= 0.3 is 12.1 Å². The Morgan fingerprint density at radius 1 is 1.11 bits per heavy atom. The highest BCUT2D eigenvalue weighted by Gasteiger charge is 2.22. The van der Waals surface area contributed by atoms with Crippen LogP contribution in [0.25, 0.3) is 22.0 Å². The van der Waals surface area contributed by atoms with Crippen LogP contribution in [0.1, 0.15) is 55.3 Å². The summed E-state index contributed by atoms with van der Waals surface area (Å²) in [5.74, 6) is 0.718. The summed E-state index contributed by atoms with van der Waals surface area (Å²) in [7, 11) is 3.23. The number of hydrogen-bond donors (Lipinski definition) is 2. The maximum Gasteiger partial charge on any atom is 0.412 e. The summed E-state index contributed by atoms with van der Waals surface area (Å²) in [5, 5.41) is 10.7. The molecule has 1 atom stereocenters. The molecule has 13 heteroatoms. The molecule has 2 amide bonds. The molecule has 0 radical (unpaired) electrons. The predicted octanol–water partition coefficient (Wildman–Crippen LogP) is 5.84. The summed E-state index contributed by atoms with van der Waals surface area (Å²) in [6.07, 6.45) is 2.73. The Morgan fingerprint density at radius 3 is 2.71 bits per heavy atom.